The summed E-state index contributed by atoms with van der Waals surface area (Å²) >= 11 is 0. The highest BCUT2D eigenvalue weighted by Crippen LogP contribution is 2.29. The third kappa shape index (κ3) is 5.00. The molecule has 0 aliphatic heterocycles. The molecule has 0 saturated carbocycles. The third-order valence-electron chi connectivity index (χ3n) is 3.38. The van der Waals surface area contributed by atoms with E-state index in [2.05, 4.69) is 5.32 Å². The zero-order chi connectivity index (χ0) is 16.7. The van der Waals surface area contributed by atoms with Crippen molar-refractivity contribution in [2.24, 2.45) is 0 Å². The molecule has 0 saturated heterocycles. The summed E-state index contributed by atoms with van der Waals surface area (Å²) in [6.07, 6.45) is 0. The standard InChI is InChI=1S/C18H22N2O3/c1-20(12-14-7-5-4-6-8-14)13-18(21)19-15-9-10-16(22-2)17(11-15)23-3/h4-11H,12-13H2,1-3H3,(H,19,21). The fraction of sp³-hybridized carbons (Fsp3) is 0.278. The SMILES string of the molecule is COc1ccc(NC(=O)CN(C)Cc2ccccc2)cc1OC. The zero-order valence-corrected chi connectivity index (χ0v) is 13.7. The van der Waals surface area contributed by atoms with E-state index >= 15 is 0 Å². The summed E-state index contributed by atoms with van der Waals surface area (Å²) in [6, 6.07) is 15.4. The summed E-state index contributed by atoms with van der Waals surface area (Å²) in [5.74, 6) is 1.14. The number of anilines is 1. The molecule has 2 aromatic carbocycles. The molecule has 0 aromatic heterocycles. The number of ether oxygens (including phenoxy) is 2. The molecule has 23 heavy (non-hydrogen) atoms. The van der Waals surface area contributed by atoms with Gasteiger partial charge < -0.3 is 14.8 Å². The molecule has 0 fully saturated rings. The molecule has 0 bridgehead atoms. The monoisotopic (exact) mass is 314 g/mol. The minimum absolute atomic E-state index is 0.0735. The van der Waals surface area contributed by atoms with Crippen LogP contribution in [-0.2, 0) is 11.3 Å². The van der Waals surface area contributed by atoms with Gasteiger partial charge in [0.25, 0.3) is 0 Å². The van der Waals surface area contributed by atoms with Gasteiger partial charge in [-0.05, 0) is 24.7 Å². The number of likely N-dealkylation sites (N-methyl/N-ethyl adjacent to an activating group) is 1. The van der Waals surface area contributed by atoms with Crippen molar-refractivity contribution in [1.29, 1.82) is 0 Å². The van der Waals surface area contributed by atoms with Crippen molar-refractivity contribution in [3.63, 3.8) is 0 Å². The van der Waals surface area contributed by atoms with Crippen molar-refractivity contribution in [2.75, 3.05) is 33.1 Å². The van der Waals surface area contributed by atoms with E-state index in [0.29, 0.717) is 23.7 Å². The van der Waals surface area contributed by atoms with Gasteiger partial charge in [-0.25, -0.2) is 0 Å². The molecule has 1 N–H and O–H groups in total. The fourth-order valence-electron chi connectivity index (χ4n) is 2.31. The van der Waals surface area contributed by atoms with Gasteiger partial charge in [0.2, 0.25) is 5.91 Å². The summed E-state index contributed by atoms with van der Waals surface area (Å²) in [5, 5.41) is 2.87. The Morgan fingerprint density at radius 1 is 1.04 bits per heavy atom. The van der Waals surface area contributed by atoms with Crippen LogP contribution in [0.2, 0.25) is 0 Å². The average Bonchev–Trinajstić information content (AvgIpc) is 2.55. The third-order valence-corrected chi connectivity index (χ3v) is 3.38. The summed E-state index contributed by atoms with van der Waals surface area (Å²) in [6.45, 7) is 1.03. The van der Waals surface area contributed by atoms with Crippen LogP contribution >= 0.6 is 0 Å². The van der Waals surface area contributed by atoms with Crippen molar-refractivity contribution >= 4 is 11.6 Å². The van der Waals surface area contributed by atoms with Gasteiger partial charge in [-0.2, -0.15) is 0 Å². The summed E-state index contributed by atoms with van der Waals surface area (Å²) in [7, 11) is 5.06. The number of rotatable bonds is 7. The number of benzene rings is 2. The highest BCUT2D eigenvalue weighted by atomic mass is 16.5. The maximum Gasteiger partial charge on any atom is 0.238 e. The predicted octanol–water partition coefficient (Wildman–Crippen LogP) is 2.77. The molecule has 5 heteroatoms. The quantitative estimate of drug-likeness (QED) is 0.854. The van der Waals surface area contributed by atoms with Crippen LogP contribution in [0.5, 0.6) is 11.5 Å². The van der Waals surface area contributed by atoms with Gasteiger partial charge in [0.15, 0.2) is 11.5 Å². The first-order valence-corrected chi connectivity index (χ1v) is 7.36. The Morgan fingerprint density at radius 3 is 2.39 bits per heavy atom. The first-order chi connectivity index (χ1) is 11.1. The maximum absolute atomic E-state index is 12.1. The summed E-state index contributed by atoms with van der Waals surface area (Å²) in [4.78, 5) is 14.1. The molecule has 5 nitrogen and oxygen atoms in total. The highest BCUT2D eigenvalue weighted by Gasteiger charge is 2.10. The Labute approximate surface area is 136 Å². The predicted molar refractivity (Wildman–Crippen MR) is 91.0 cm³/mol. The molecule has 0 spiro atoms. The lowest BCUT2D eigenvalue weighted by atomic mass is 10.2. The van der Waals surface area contributed by atoms with Gasteiger partial charge in [0, 0.05) is 18.3 Å². The van der Waals surface area contributed by atoms with E-state index < -0.39 is 0 Å². The van der Waals surface area contributed by atoms with Crippen LogP contribution in [0.4, 0.5) is 5.69 Å². The van der Waals surface area contributed by atoms with Crippen molar-refractivity contribution in [3.8, 4) is 11.5 Å². The van der Waals surface area contributed by atoms with Crippen molar-refractivity contribution in [2.45, 2.75) is 6.54 Å². The van der Waals surface area contributed by atoms with E-state index in [0.717, 1.165) is 6.54 Å². The van der Waals surface area contributed by atoms with Gasteiger partial charge in [-0.15, -0.1) is 0 Å². The van der Waals surface area contributed by atoms with E-state index in [4.69, 9.17) is 9.47 Å². The normalized spacial score (nSPS) is 10.4. The largest absolute Gasteiger partial charge is 0.493 e. The molecule has 0 unspecified atom stereocenters. The van der Waals surface area contributed by atoms with Crippen LogP contribution in [0.15, 0.2) is 48.5 Å². The van der Waals surface area contributed by atoms with Crippen molar-refractivity contribution in [1.82, 2.24) is 4.90 Å². The van der Waals surface area contributed by atoms with Gasteiger partial charge in [-0.3, -0.25) is 9.69 Å². The minimum atomic E-state index is -0.0735. The Morgan fingerprint density at radius 2 is 1.74 bits per heavy atom. The molecule has 0 aliphatic carbocycles. The van der Waals surface area contributed by atoms with E-state index in [-0.39, 0.29) is 5.91 Å². The molecule has 122 valence electrons. The van der Waals surface area contributed by atoms with E-state index in [1.807, 2.05) is 42.3 Å². The Balaban J connectivity index is 1.91. The lowest BCUT2D eigenvalue weighted by molar-refractivity contribution is -0.117. The highest BCUT2D eigenvalue weighted by molar-refractivity contribution is 5.92. The molecule has 0 atom stereocenters. The number of carbonyl (C=O) groups is 1. The molecule has 0 aliphatic rings. The number of methoxy groups -OCH3 is 2. The van der Waals surface area contributed by atoms with Crippen LogP contribution < -0.4 is 14.8 Å². The molecule has 2 aromatic rings. The van der Waals surface area contributed by atoms with Crippen molar-refractivity contribution in [3.05, 3.63) is 54.1 Å². The summed E-state index contributed by atoms with van der Waals surface area (Å²) in [5.41, 5.74) is 1.86. The number of carbonyl (C=O) groups excluding carboxylic acids is 1. The Bertz CT molecular complexity index is 644. The second-order valence-corrected chi connectivity index (χ2v) is 5.28. The lowest BCUT2D eigenvalue weighted by Crippen LogP contribution is -2.29. The van der Waals surface area contributed by atoms with Crippen LogP contribution in [-0.4, -0.2) is 38.6 Å². The number of hydrogen-bond acceptors (Lipinski definition) is 4. The molecular weight excluding hydrogens is 292 g/mol. The van der Waals surface area contributed by atoms with E-state index in [1.54, 1.807) is 32.4 Å². The van der Waals surface area contributed by atoms with Crippen LogP contribution in [0.3, 0.4) is 0 Å². The second-order valence-electron chi connectivity index (χ2n) is 5.28. The van der Waals surface area contributed by atoms with Gasteiger partial charge in [0.05, 0.1) is 20.8 Å². The first kappa shape index (κ1) is 16.8. The number of nitrogens with one attached hydrogen (secondary N) is 1. The lowest BCUT2D eigenvalue weighted by Gasteiger charge is -2.17. The average molecular weight is 314 g/mol. The van der Waals surface area contributed by atoms with Crippen LogP contribution in [0.1, 0.15) is 5.56 Å². The molecule has 0 heterocycles. The second kappa shape index (κ2) is 8.19. The Hall–Kier alpha value is -2.53. The fourth-order valence-corrected chi connectivity index (χ4v) is 2.31. The van der Waals surface area contributed by atoms with Gasteiger partial charge in [0.1, 0.15) is 0 Å². The topological polar surface area (TPSA) is 50.8 Å². The molecular formula is C18H22N2O3. The number of nitrogens with zero attached hydrogens (tertiary/aromatic N) is 1. The molecule has 2 rings (SSSR count). The molecule has 1 amide bonds. The Kier molecular flexibility index (Phi) is 6.00. The first-order valence-electron chi connectivity index (χ1n) is 7.36. The maximum atomic E-state index is 12.1. The van der Waals surface area contributed by atoms with Crippen LogP contribution in [0.25, 0.3) is 0 Å². The van der Waals surface area contributed by atoms with Crippen LogP contribution in [0, 0.1) is 0 Å². The number of hydrogen-bond donors (Lipinski definition) is 1. The zero-order valence-electron chi connectivity index (χ0n) is 13.7. The summed E-state index contributed by atoms with van der Waals surface area (Å²) < 4.78 is 10.4. The van der Waals surface area contributed by atoms with Crippen molar-refractivity contribution < 1.29 is 14.3 Å². The molecule has 0 radical (unpaired) electrons. The van der Waals surface area contributed by atoms with Gasteiger partial charge >= 0.3 is 0 Å². The van der Waals surface area contributed by atoms with E-state index in [1.165, 1.54) is 5.56 Å². The number of amides is 1. The smallest absolute Gasteiger partial charge is 0.238 e. The van der Waals surface area contributed by atoms with Gasteiger partial charge in [-0.1, -0.05) is 30.3 Å². The minimum Gasteiger partial charge on any atom is -0.493 e. The van der Waals surface area contributed by atoms with E-state index in [9.17, 15) is 4.79 Å².